The van der Waals surface area contributed by atoms with Gasteiger partial charge in [-0.15, -0.1) is 0 Å². The lowest BCUT2D eigenvalue weighted by atomic mass is 10.1. The van der Waals surface area contributed by atoms with Gasteiger partial charge in [-0.3, -0.25) is 0 Å². The Labute approximate surface area is 145 Å². The van der Waals surface area contributed by atoms with Crippen LogP contribution in [0, 0.1) is 0 Å². The molecule has 2 aromatic carbocycles. The van der Waals surface area contributed by atoms with Crippen molar-refractivity contribution >= 4 is 17.6 Å². The molecule has 0 bridgehead atoms. The number of aromatic carboxylic acids is 1. The third-order valence-corrected chi connectivity index (χ3v) is 4.06. The number of ether oxygens (including phenoxy) is 2. The number of carboxylic acid groups (broad SMARTS) is 1. The first-order chi connectivity index (χ1) is 11.6. The Morgan fingerprint density at radius 2 is 1.88 bits per heavy atom. The van der Waals surface area contributed by atoms with Crippen LogP contribution < -0.4 is 14.8 Å². The molecule has 0 saturated heterocycles. The highest BCUT2D eigenvalue weighted by atomic mass is 35.5. The van der Waals surface area contributed by atoms with E-state index in [-0.39, 0.29) is 0 Å². The van der Waals surface area contributed by atoms with Crippen molar-refractivity contribution in [2.24, 2.45) is 0 Å². The maximum Gasteiger partial charge on any atom is 0.335 e. The SMILES string of the molecule is O=C(O)c1ccc(CNCCc2cc(Cl)c3c(c2)OCCO3)cc1. The molecule has 0 spiro atoms. The Kier molecular flexibility index (Phi) is 5.23. The van der Waals surface area contributed by atoms with Crippen LogP contribution in [0.2, 0.25) is 5.02 Å². The number of rotatable bonds is 6. The highest BCUT2D eigenvalue weighted by Crippen LogP contribution is 2.38. The van der Waals surface area contributed by atoms with Crippen LogP contribution in [0.1, 0.15) is 21.5 Å². The van der Waals surface area contributed by atoms with Crippen LogP contribution in [0.25, 0.3) is 0 Å². The van der Waals surface area contributed by atoms with Crippen molar-refractivity contribution in [2.45, 2.75) is 13.0 Å². The second kappa shape index (κ2) is 7.55. The third-order valence-electron chi connectivity index (χ3n) is 3.78. The number of benzene rings is 2. The van der Waals surface area contributed by atoms with Crippen LogP contribution in [0.3, 0.4) is 0 Å². The van der Waals surface area contributed by atoms with E-state index in [1.165, 1.54) is 0 Å². The number of nitrogens with one attached hydrogen (secondary N) is 1. The number of carboxylic acids is 1. The van der Waals surface area contributed by atoms with Gasteiger partial charge in [-0.2, -0.15) is 0 Å². The fourth-order valence-corrected chi connectivity index (χ4v) is 2.83. The van der Waals surface area contributed by atoms with E-state index in [2.05, 4.69) is 5.32 Å². The van der Waals surface area contributed by atoms with Gasteiger partial charge in [0, 0.05) is 6.54 Å². The summed E-state index contributed by atoms with van der Waals surface area (Å²) in [5, 5.41) is 12.8. The molecule has 0 aliphatic carbocycles. The van der Waals surface area contributed by atoms with Crippen LogP contribution in [0.5, 0.6) is 11.5 Å². The molecule has 1 aliphatic rings. The molecule has 0 amide bonds. The van der Waals surface area contributed by atoms with E-state index in [0.717, 1.165) is 24.1 Å². The lowest BCUT2D eigenvalue weighted by Crippen LogP contribution is -2.18. The summed E-state index contributed by atoms with van der Waals surface area (Å²) in [5.41, 5.74) is 2.42. The van der Waals surface area contributed by atoms with Gasteiger partial charge in [0.05, 0.1) is 10.6 Å². The van der Waals surface area contributed by atoms with E-state index in [1.54, 1.807) is 12.1 Å². The molecule has 0 atom stereocenters. The highest BCUT2D eigenvalue weighted by Gasteiger charge is 2.16. The minimum absolute atomic E-state index is 0.296. The van der Waals surface area contributed by atoms with Crippen molar-refractivity contribution < 1.29 is 19.4 Å². The first-order valence-corrected chi connectivity index (χ1v) is 8.12. The van der Waals surface area contributed by atoms with E-state index >= 15 is 0 Å². The van der Waals surface area contributed by atoms with E-state index in [4.69, 9.17) is 26.2 Å². The van der Waals surface area contributed by atoms with Gasteiger partial charge in [-0.05, 0) is 48.4 Å². The summed E-state index contributed by atoms with van der Waals surface area (Å²) in [4.78, 5) is 10.8. The number of fused-ring (bicyclic) bond motifs is 1. The smallest absolute Gasteiger partial charge is 0.335 e. The Morgan fingerprint density at radius 3 is 2.62 bits per heavy atom. The van der Waals surface area contributed by atoms with Gasteiger partial charge in [0.25, 0.3) is 0 Å². The summed E-state index contributed by atoms with van der Waals surface area (Å²) in [6.07, 6.45) is 0.809. The molecule has 1 aliphatic heterocycles. The zero-order valence-electron chi connectivity index (χ0n) is 13.0. The normalized spacial score (nSPS) is 12.9. The van der Waals surface area contributed by atoms with E-state index in [0.29, 0.717) is 41.8 Å². The van der Waals surface area contributed by atoms with Crippen LogP contribution in [-0.2, 0) is 13.0 Å². The van der Waals surface area contributed by atoms with Crippen LogP contribution in [0.15, 0.2) is 36.4 Å². The summed E-state index contributed by atoms with van der Waals surface area (Å²) >= 11 is 6.22. The average Bonchev–Trinajstić information content (AvgIpc) is 2.59. The largest absolute Gasteiger partial charge is 0.486 e. The van der Waals surface area contributed by atoms with Crippen molar-refractivity contribution in [3.63, 3.8) is 0 Å². The molecule has 0 unspecified atom stereocenters. The molecule has 0 fully saturated rings. The first-order valence-electron chi connectivity index (χ1n) is 7.74. The average molecular weight is 348 g/mol. The number of hydrogen-bond donors (Lipinski definition) is 2. The Morgan fingerprint density at radius 1 is 1.12 bits per heavy atom. The zero-order valence-corrected chi connectivity index (χ0v) is 13.8. The highest BCUT2D eigenvalue weighted by molar-refractivity contribution is 6.32. The maximum atomic E-state index is 10.8. The molecule has 2 aromatic rings. The predicted molar refractivity (Wildman–Crippen MR) is 91.3 cm³/mol. The topological polar surface area (TPSA) is 67.8 Å². The molecule has 126 valence electrons. The third kappa shape index (κ3) is 3.99. The molecule has 0 radical (unpaired) electrons. The summed E-state index contributed by atoms with van der Waals surface area (Å²) in [6.45, 7) is 2.51. The van der Waals surface area contributed by atoms with Crippen LogP contribution in [0.4, 0.5) is 0 Å². The molecule has 2 N–H and O–H groups in total. The monoisotopic (exact) mass is 347 g/mol. The lowest BCUT2D eigenvalue weighted by Gasteiger charge is -2.20. The van der Waals surface area contributed by atoms with Gasteiger partial charge in [0.2, 0.25) is 0 Å². The second-order valence-electron chi connectivity index (χ2n) is 5.53. The van der Waals surface area contributed by atoms with Crippen LogP contribution >= 0.6 is 11.6 Å². The zero-order chi connectivity index (χ0) is 16.9. The van der Waals surface area contributed by atoms with Gasteiger partial charge in [-0.25, -0.2) is 4.79 Å². The first kappa shape index (κ1) is 16.6. The quantitative estimate of drug-likeness (QED) is 0.786. The predicted octanol–water partition coefficient (Wildman–Crippen LogP) is 3.14. The lowest BCUT2D eigenvalue weighted by molar-refractivity contribution is 0.0697. The van der Waals surface area contributed by atoms with Gasteiger partial charge in [0.15, 0.2) is 11.5 Å². The molecule has 24 heavy (non-hydrogen) atoms. The molecule has 0 aromatic heterocycles. The Balaban J connectivity index is 1.51. The summed E-state index contributed by atoms with van der Waals surface area (Å²) < 4.78 is 11.1. The Bertz CT molecular complexity index is 731. The van der Waals surface area contributed by atoms with E-state index in [1.807, 2.05) is 24.3 Å². The fraction of sp³-hybridized carbons (Fsp3) is 0.278. The molecule has 5 nitrogen and oxygen atoms in total. The summed E-state index contributed by atoms with van der Waals surface area (Å²) in [5.74, 6) is 0.413. The standard InChI is InChI=1S/C18H18ClNO4/c19-15-9-13(10-16-17(15)24-8-7-23-16)5-6-20-11-12-1-3-14(4-2-12)18(21)22/h1-4,9-10,20H,5-8,11H2,(H,21,22). The molecular formula is C18H18ClNO4. The van der Waals surface area contributed by atoms with Gasteiger partial charge < -0.3 is 19.9 Å². The van der Waals surface area contributed by atoms with Gasteiger partial charge >= 0.3 is 5.97 Å². The van der Waals surface area contributed by atoms with Crippen molar-refractivity contribution in [1.29, 1.82) is 0 Å². The van der Waals surface area contributed by atoms with Gasteiger partial charge in [-0.1, -0.05) is 23.7 Å². The maximum absolute atomic E-state index is 10.8. The molecule has 3 rings (SSSR count). The molecule has 6 heteroatoms. The fourth-order valence-electron chi connectivity index (χ4n) is 2.54. The summed E-state index contributed by atoms with van der Waals surface area (Å²) in [6, 6.07) is 10.7. The number of hydrogen-bond acceptors (Lipinski definition) is 4. The molecule has 1 heterocycles. The Hall–Kier alpha value is -2.24. The minimum atomic E-state index is -0.912. The van der Waals surface area contributed by atoms with Crippen molar-refractivity contribution in [3.8, 4) is 11.5 Å². The van der Waals surface area contributed by atoms with Gasteiger partial charge in [0.1, 0.15) is 13.2 Å². The van der Waals surface area contributed by atoms with E-state index in [9.17, 15) is 4.79 Å². The molecular weight excluding hydrogens is 330 g/mol. The second-order valence-corrected chi connectivity index (χ2v) is 5.94. The number of carbonyl (C=O) groups is 1. The summed E-state index contributed by atoms with van der Waals surface area (Å²) in [7, 11) is 0. The minimum Gasteiger partial charge on any atom is -0.486 e. The van der Waals surface area contributed by atoms with E-state index < -0.39 is 5.97 Å². The van der Waals surface area contributed by atoms with Crippen LogP contribution in [-0.4, -0.2) is 30.8 Å². The van der Waals surface area contributed by atoms with Crippen molar-refractivity contribution in [1.82, 2.24) is 5.32 Å². The van der Waals surface area contributed by atoms with Crippen molar-refractivity contribution in [2.75, 3.05) is 19.8 Å². The molecule has 0 saturated carbocycles. The number of halogens is 1. The van der Waals surface area contributed by atoms with Crippen molar-refractivity contribution in [3.05, 3.63) is 58.1 Å².